The van der Waals surface area contributed by atoms with Gasteiger partial charge < -0.3 is 15.2 Å². The van der Waals surface area contributed by atoms with Crippen LogP contribution >= 0.6 is 0 Å². The number of aromatic nitrogens is 4. The molecule has 5 rings (SSSR count). The SMILES string of the molecule is Cn1nc(C(=O)O)cc1-c1cnc(NCc2c(F)ccc3c2CCO3)c2cnccc12. The third-order valence-electron chi connectivity index (χ3n) is 5.44. The molecule has 1 aliphatic rings. The highest BCUT2D eigenvalue weighted by Crippen LogP contribution is 2.33. The van der Waals surface area contributed by atoms with Gasteiger partial charge in [0.25, 0.3) is 0 Å². The molecule has 0 bridgehead atoms. The predicted molar refractivity (Wildman–Crippen MR) is 112 cm³/mol. The Morgan fingerprint density at radius 3 is 2.97 bits per heavy atom. The van der Waals surface area contributed by atoms with E-state index < -0.39 is 5.97 Å². The predicted octanol–water partition coefficient (Wildman–Crippen LogP) is 3.41. The molecule has 31 heavy (non-hydrogen) atoms. The first kappa shape index (κ1) is 19.0. The van der Waals surface area contributed by atoms with Gasteiger partial charge in [-0.05, 0) is 29.7 Å². The van der Waals surface area contributed by atoms with Crippen LogP contribution in [0, 0.1) is 5.82 Å². The number of nitrogens with zero attached hydrogens (tertiary/aromatic N) is 4. The van der Waals surface area contributed by atoms with Gasteiger partial charge in [-0.15, -0.1) is 0 Å². The molecule has 0 unspecified atom stereocenters. The summed E-state index contributed by atoms with van der Waals surface area (Å²) in [6.07, 6.45) is 5.66. The lowest BCUT2D eigenvalue weighted by Crippen LogP contribution is -2.07. The van der Waals surface area contributed by atoms with Gasteiger partial charge in [-0.25, -0.2) is 14.2 Å². The van der Waals surface area contributed by atoms with Crippen molar-refractivity contribution in [1.29, 1.82) is 0 Å². The van der Waals surface area contributed by atoms with Crippen LogP contribution in [-0.4, -0.2) is 37.4 Å². The zero-order valence-corrected chi connectivity index (χ0v) is 16.6. The first-order valence-corrected chi connectivity index (χ1v) is 9.70. The van der Waals surface area contributed by atoms with E-state index in [1.54, 1.807) is 31.7 Å². The number of hydrogen-bond acceptors (Lipinski definition) is 6. The van der Waals surface area contributed by atoms with Crippen molar-refractivity contribution >= 4 is 22.6 Å². The summed E-state index contributed by atoms with van der Waals surface area (Å²) in [5.74, 6) is -0.103. The number of aryl methyl sites for hydroxylation is 1. The Kier molecular flexibility index (Phi) is 4.50. The second kappa shape index (κ2) is 7.35. The molecular weight excluding hydrogens is 401 g/mol. The van der Waals surface area contributed by atoms with E-state index >= 15 is 0 Å². The van der Waals surface area contributed by atoms with Crippen molar-refractivity contribution in [3.63, 3.8) is 0 Å². The monoisotopic (exact) mass is 419 g/mol. The summed E-state index contributed by atoms with van der Waals surface area (Å²) in [5, 5.41) is 18.1. The summed E-state index contributed by atoms with van der Waals surface area (Å²) in [6, 6.07) is 6.42. The standard InChI is InChI=1S/C22H18FN5O3/c1-28-19(8-18(27-28)22(29)30)15-11-26-21(16-9-24-6-4-12(15)16)25-10-14-13-5-7-31-20(13)3-2-17(14)23/h2-4,6,8-9,11H,5,7,10H2,1H3,(H,25,26)(H,29,30). The number of fused-ring (bicyclic) bond motifs is 2. The van der Waals surface area contributed by atoms with Crippen LogP contribution in [0.4, 0.5) is 10.2 Å². The molecule has 2 N–H and O–H groups in total. The molecule has 156 valence electrons. The van der Waals surface area contributed by atoms with Gasteiger partial charge in [0.1, 0.15) is 17.4 Å². The van der Waals surface area contributed by atoms with Gasteiger partial charge in [-0.2, -0.15) is 5.10 Å². The van der Waals surface area contributed by atoms with E-state index in [0.29, 0.717) is 30.1 Å². The zero-order chi connectivity index (χ0) is 21.5. The second-order valence-corrected chi connectivity index (χ2v) is 7.24. The summed E-state index contributed by atoms with van der Waals surface area (Å²) in [4.78, 5) is 20.0. The lowest BCUT2D eigenvalue weighted by atomic mass is 10.0. The van der Waals surface area contributed by atoms with Crippen molar-refractivity contribution in [2.45, 2.75) is 13.0 Å². The van der Waals surface area contributed by atoms with Crippen LogP contribution in [0.15, 0.2) is 42.9 Å². The minimum atomic E-state index is -1.10. The third kappa shape index (κ3) is 3.24. The Hall–Kier alpha value is -4.01. The number of carboxylic acid groups (broad SMARTS) is 1. The summed E-state index contributed by atoms with van der Waals surface area (Å²) >= 11 is 0. The van der Waals surface area contributed by atoms with Crippen molar-refractivity contribution in [3.05, 3.63) is 65.5 Å². The summed E-state index contributed by atoms with van der Waals surface area (Å²) in [7, 11) is 1.68. The van der Waals surface area contributed by atoms with Crippen LogP contribution < -0.4 is 10.1 Å². The Morgan fingerprint density at radius 2 is 2.16 bits per heavy atom. The van der Waals surface area contributed by atoms with E-state index in [1.165, 1.54) is 16.8 Å². The van der Waals surface area contributed by atoms with E-state index in [9.17, 15) is 14.3 Å². The summed E-state index contributed by atoms with van der Waals surface area (Å²) in [6.45, 7) is 0.804. The Labute approximate surface area is 176 Å². The number of anilines is 1. The minimum absolute atomic E-state index is 0.0439. The van der Waals surface area contributed by atoms with E-state index in [4.69, 9.17) is 4.74 Å². The van der Waals surface area contributed by atoms with Gasteiger partial charge >= 0.3 is 5.97 Å². The average molecular weight is 419 g/mol. The van der Waals surface area contributed by atoms with E-state index in [2.05, 4.69) is 20.4 Å². The van der Waals surface area contributed by atoms with Gasteiger partial charge in [0, 0.05) is 60.7 Å². The van der Waals surface area contributed by atoms with Crippen LogP contribution in [0.25, 0.3) is 22.0 Å². The Bertz CT molecular complexity index is 1330. The molecule has 4 aromatic rings. The van der Waals surface area contributed by atoms with Crippen LogP contribution in [0.2, 0.25) is 0 Å². The molecule has 0 saturated heterocycles. The first-order valence-electron chi connectivity index (χ1n) is 9.70. The van der Waals surface area contributed by atoms with Gasteiger partial charge in [-0.1, -0.05) is 0 Å². The quantitative estimate of drug-likeness (QED) is 0.511. The van der Waals surface area contributed by atoms with Crippen LogP contribution in [0.1, 0.15) is 21.6 Å². The highest BCUT2D eigenvalue weighted by atomic mass is 19.1. The molecule has 0 saturated carbocycles. The number of benzene rings is 1. The maximum Gasteiger partial charge on any atom is 0.356 e. The van der Waals surface area contributed by atoms with Gasteiger partial charge in [0.15, 0.2) is 5.69 Å². The molecule has 8 nitrogen and oxygen atoms in total. The van der Waals surface area contributed by atoms with Crippen molar-refractivity contribution in [1.82, 2.24) is 19.7 Å². The first-order chi connectivity index (χ1) is 15.0. The van der Waals surface area contributed by atoms with E-state index in [-0.39, 0.29) is 18.1 Å². The largest absolute Gasteiger partial charge is 0.493 e. The van der Waals surface area contributed by atoms with Gasteiger partial charge in [0.2, 0.25) is 0 Å². The van der Waals surface area contributed by atoms with Crippen molar-refractivity contribution in [2.75, 3.05) is 11.9 Å². The number of pyridine rings is 2. The van der Waals surface area contributed by atoms with E-state index in [1.807, 2.05) is 6.07 Å². The smallest absolute Gasteiger partial charge is 0.356 e. The molecule has 3 aromatic heterocycles. The average Bonchev–Trinajstić information content (AvgIpc) is 3.40. The molecule has 4 heterocycles. The van der Waals surface area contributed by atoms with Gasteiger partial charge in [-0.3, -0.25) is 9.67 Å². The Balaban J connectivity index is 1.53. The molecule has 1 aliphatic heterocycles. The van der Waals surface area contributed by atoms with Crippen molar-refractivity contribution in [3.8, 4) is 17.0 Å². The number of carbonyl (C=O) groups is 1. The lowest BCUT2D eigenvalue weighted by molar-refractivity contribution is 0.0689. The van der Waals surface area contributed by atoms with E-state index in [0.717, 1.165) is 27.6 Å². The number of carboxylic acids is 1. The van der Waals surface area contributed by atoms with Crippen molar-refractivity contribution in [2.24, 2.45) is 7.05 Å². The minimum Gasteiger partial charge on any atom is -0.493 e. The van der Waals surface area contributed by atoms with Crippen LogP contribution in [0.5, 0.6) is 5.75 Å². The second-order valence-electron chi connectivity index (χ2n) is 7.24. The van der Waals surface area contributed by atoms with Gasteiger partial charge in [0.05, 0.1) is 12.3 Å². The molecule has 0 spiro atoms. The third-order valence-corrected chi connectivity index (χ3v) is 5.44. The number of ether oxygens (including phenoxy) is 1. The topological polar surface area (TPSA) is 102 Å². The number of rotatable bonds is 5. The zero-order valence-electron chi connectivity index (χ0n) is 16.6. The maximum absolute atomic E-state index is 14.5. The maximum atomic E-state index is 14.5. The van der Waals surface area contributed by atoms with Crippen molar-refractivity contribution < 1.29 is 19.0 Å². The number of aromatic carboxylic acids is 1. The number of halogens is 1. The molecule has 0 aliphatic carbocycles. The van der Waals surface area contributed by atoms with Crippen LogP contribution in [0.3, 0.4) is 0 Å². The number of hydrogen-bond donors (Lipinski definition) is 2. The molecule has 0 radical (unpaired) electrons. The molecule has 0 amide bonds. The Morgan fingerprint density at radius 1 is 1.29 bits per heavy atom. The number of nitrogens with one attached hydrogen (secondary N) is 1. The summed E-state index contributed by atoms with van der Waals surface area (Å²) < 4.78 is 21.5. The highest BCUT2D eigenvalue weighted by Gasteiger charge is 2.20. The normalized spacial score (nSPS) is 12.6. The van der Waals surface area contributed by atoms with Crippen LogP contribution in [-0.2, 0) is 20.0 Å². The fraction of sp³-hybridized carbons (Fsp3) is 0.182. The molecule has 1 aromatic carbocycles. The molecule has 0 fully saturated rings. The fourth-order valence-electron chi connectivity index (χ4n) is 3.93. The summed E-state index contributed by atoms with van der Waals surface area (Å²) in [5.41, 5.74) is 2.75. The molecular formula is C22H18FN5O3. The lowest BCUT2D eigenvalue weighted by Gasteiger charge is -2.14. The molecule has 9 heteroatoms. The highest BCUT2D eigenvalue weighted by molar-refractivity contribution is 6.01. The molecule has 0 atom stereocenters. The fourth-order valence-corrected chi connectivity index (χ4v) is 3.93.